The van der Waals surface area contributed by atoms with Gasteiger partial charge in [-0.2, -0.15) is 13.2 Å². The predicted molar refractivity (Wildman–Crippen MR) is 79.6 cm³/mol. The van der Waals surface area contributed by atoms with Gasteiger partial charge in [-0.05, 0) is 23.8 Å². The third-order valence-corrected chi connectivity index (χ3v) is 4.00. The molecule has 0 spiro atoms. The first kappa shape index (κ1) is 15.5. The summed E-state index contributed by atoms with van der Waals surface area (Å²) < 4.78 is 39.1. The van der Waals surface area contributed by atoms with Crippen LogP contribution >= 0.6 is 0 Å². The number of aliphatic hydroxyl groups excluding tert-OH is 1. The molecule has 1 N–H and O–H groups in total. The van der Waals surface area contributed by atoms with Crippen molar-refractivity contribution in [1.82, 2.24) is 14.5 Å². The van der Waals surface area contributed by atoms with Crippen molar-refractivity contribution in [2.45, 2.75) is 12.3 Å². The number of rotatable bonds is 1. The van der Waals surface area contributed by atoms with E-state index in [0.717, 1.165) is 16.7 Å². The Hall–Kier alpha value is -3.07. The molecule has 0 radical (unpaired) electrons. The SMILES string of the molecule is O=C1c2cc(C(O)C(F)(F)F)ccc2-n2c1nc1ccncc1c2=O. The molecule has 3 aromatic rings. The molecule has 0 saturated carbocycles. The van der Waals surface area contributed by atoms with Crippen LogP contribution in [0.1, 0.15) is 27.8 Å². The zero-order valence-electron chi connectivity index (χ0n) is 12.3. The topological polar surface area (TPSA) is 85.1 Å². The van der Waals surface area contributed by atoms with Gasteiger partial charge in [0.05, 0.1) is 22.2 Å². The number of ketones is 1. The first-order valence-corrected chi connectivity index (χ1v) is 7.09. The molecule has 2 aromatic heterocycles. The molecule has 0 saturated heterocycles. The maximum atomic E-state index is 12.7. The maximum Gasteiger partial charge on any atom is 0.418 e. The lowest BCUT2D eigenvalue weighted by molar-refractivity contribution is -0.206. The Morgan fingerprint density at radius 2 is 1.92 bits per heavy atom. The molecule has 1 aromatic carbocycles. The molecule has 1 aliphatic rings. The van der Waals surface area contributed by atoms with Crippen LogP contribution in [0.3, 0.4) is 0 Å². The monoisotopic (exact) mass is 347 g/mol. The summed E-state index contributed by atoms with van der Waals surface area (Å²) >= 11 is 0. The van der Waals surface area contributed by atoms with Gasteiger partial charge in [0.25, 0.3) is 5.56 Å². The summed E-state index contributed by atoms with van der Waals surface area (Å²) in [4.78, 5) is 33.1. The second kappa shape index (κ2) is 4.96. The van der Waals surface area contributed by atoms with Gasteiger partial charge in [-0.1, -0.05) is 6.07 Å². The summed E-state index contributed by atoms with van der Waals surface area (Å²) in [5.41, 5.74) is -0.742. The molecule has 0 bridgehead atoms. The van der Waals surface area contributed by atoms with Crippen molar-refractivity contribution in [3.63, 3.8) is 0 Å². The van der Waals surface area contributed by atoms with Gasteiger partial charge in [-0.25, -0.2) is 4.98 Å². The molecule has 0 aliphatic carbocycles. The first-order chi connectivity index (χ1) is 11.8. The number of aromatic nitrogens is 3. The molecule has 1 atom stereocenters. The molecule has 126 valence electrons. The number of fused-ring (bicyclic) bond motifs is 4. The predicted octanol–water partition coefficient (Wildman–Crippen LogP) is 1.92. The molecule has 3 heterocycles. The van der Waals surface area contributed by atoms with Crippen molar-refractivity contribution < 1.29 is 23.1 Å². The Kier molecular flexibility index (Phi) is 3.07. The summed E-state index contributed by atoms with van der Waals surface area (Å²) in [5.74, 6) is -0.862. The summed E-state index contributed by atoms with van der Waals surface area (Å²) in [6.07, 6.45) is -4.86. The van der Waals surface area contributed by atoms with Crippen molar-refractivity contribution in [2.75, 3.05) is 0 Å². The molecular formula is C16H8F3N3O3. The van der Waals surface area contributed by atoms with Crippen LogP contribution in [0.2, 0.25) is 0 Å². The van der Waals surface area contributed by atoms with E-state index in [2.05, 4.69) is 9.97 Å². The molecule has 6 nitrogen and oxygen atoms in total. The quantitative estimate of drug-likeness (QED) is 0.569. The van der Waals surface area contributed by atoms with E-state index < -0.39 is 29.2 Å². The summed E-state index contributed by atoms with van der Waals surface area (Å²) in [6.45, 7) is 0. The second-order valence-corrected chi connectivity index (χ2v) is 5.52. The molecule has 25 heavy (non-hydrogen) atoms. The minimum atomic E-state index is -4.86. The third kappa shape index (κ3) is 2.16. The summed E-state index contributed by atoms with van der Waals surface area (Å²) in [6, 6.07) is 4.62. The standard InChI is InChI=1S/C16H8F3N3O3/c17-16(18,19)13(24)7-1-2-11-8(5-7)12(23)14-21-10-3-4-20-6-9(10)15(25)22(11)14/h1-6,13,24H. The largest absolute Gasteiger partial charge is 0.418 e. The van der Waals surface area contributed by atoms with Crippen molar-refractivity contribution in [1.29, 1.82) is 0 Å². The van der Waals surface area contributed by atoms with E-state index in [1.807, 2.05) is 0 Å². The zero-order chi connectivity index (χ0) is 17.9. The Morgan fingerprint density at radius 1 is 1.16 bits per heavy atom. The number of carbonyl (C=O) groups excluding carboxylic acids is 1. The van der Waals surface area contributed by atoms with Crippen LogP contribution in [0.25, 0.3) is 16.6 Å². The van der Waals surface area contributed by atoms with Gasteiger partial charge in [0.2, 0.25) is 5.78 Å². The third-order valence-electron chi connectivity index (χ3n) is 4.00. The van der Waals surface area contributed by atoms with E-state index in [0.29, 0.717) is 0 Å². The van der Waals surface area contributed by atoms with Crippen LogP contribution < -0.4 is 5.56 Å². The van der Waals surface area contributed by atoms with Crippen LogP contribution in [0, 0.1) is 0 Å². The second-order valence-electron chi connectivity index (χ2n) is 5.52. The van der Waals surface area contributed by atoms with Gasteiger partial charge < -0.3 is 5.11 Å². The Balaban J connectivity index is 1.96. The number of benzene rings is 1. The van der Waals surface area contributed by atoms with Gasteiger partial charge in [0.1, 0.15) is 0 Å². The van der Waals surface area contributed by atoms with Crippen LogP contribution in [-0.4, -0.2) is 31.6 Å². The van der Waals surface area contributed by atoms with Gasteiger partial charge in [-0.15, -0.1) is 0 Å². The number of aliphatic hydroxyl groups is 1. The average Bonchev–Trinajstić information content (AvgIpc) is 2.86. The fourth-order valence-corrected chi connectivity index (χ4v) is 2.82. The van der Waals surface area contributed by atoms with E-state index in [1.54, 1.807) is 0 Å². The Labute approximate surface area is 137 Å². The van der Waals surface area contributed by atoms with Gasteiger partial charge >= 0.3 is 6.18 Å². The number of pyridine rings is 1. The lowest BCUT2D eigenvalue weighted by atomic mass is 10.0. The molecular weight excluding hydrogens is 339 g/mol. The fourth-order valence-electron chi connectivity index (χ4n) is 2.82. The Bertz CT molecular complexity index is 1110. The minimum absolute atomic E-state index is 0.117. The maximum absolute atomic E-state index is 12.7. The van der Waals surface area contributed by atoms with Crippen molar-refractivity contribution in [3.05, 3.63) is 64.0 Å². The van der Waals surface area contributed by atoms with Gasteiger partial charge in [-0.3, -0.25) is 19.1 Å². The number of carbonyl (C=O) groups is 1. The summed E-state index contributed by atoms with van der Waals surface area (Å²) in [5, 5.41) is 9.56. The molecule has 9 heteroatoms. The van der Waals surface area contributed by atoms with E-state index in [-0.39, 0.29) is 28.0 Å². The van der Waals surface area contributed by atoms with E-state index in [4.69, 9.17) is 0 Å². The Morgan fingerprint density at radius 3 is 2.64 bits per heavy atom. The highest BCUT2D eigenvalue weighted by molar-refractivity contribution is 6.13. The number of hydrogen-bond acceptors (Lipinski definition) is 5. The lowest BCUT2D eigenvalue weighted by Gasteiger charge is -2.15. The van der Waals surface area contributed by atoms with Crippen LogP contribution in [0.4, 0.5) is 13.2 Å². The highest BCUT2D eigenvalue weighted by Crippen LogP contribution is 2.35. The van der Waals surface area contributed by atoms with Crippen LogP contribution in [0.5, 0.6) is 0 Å². The lowest BCUT2D eigenvalue weighted by Crippen LogP contribution is -2.21. The van der Waals surface area contributed by atoms with Crippen molar-refractivity contribution in [2.24, 2.45) is 0 Å². The highest BCUT2D eigenvalue weighted by atomic mass is 19.4. The number of halogens is 3. The van der Waals surface area contributed by atoms with E-state index >= 15 is 0 Å². The number of nitrogens with zero attached hydrogens (tertiary/aromatic N) is 3. The van der Waals surface area contributed by atoms with Crippen molar-refractivity contribution in [3.8, 4) is 5.69 Å². The molecule has 4 rings (SSSR count). The van der Waals surface area contributed by atoms with Gasteiger partial charge in [0, 0.05) is 12.4 Å². The summed E-state index contributed by atoms with van der Waals surface area (Å²) in [7, 11) is 0. The van der Waals surface area contributed by atoms with Crippen molar-refractivity contribution >= 4 is 16.7 Å². The molecule has 0 fully saturated rings. The number of alkyl halides is 3. The van der Waals surface area contributed by atoms with Gasteiger partial charge in [0.15, 0.2) is 11.9 Å². The minimum Gasteiger partial charge on any atom is -0.379 e. The van der Waals surface area contributed by atoms with Crippen LogP contribution in [-0.2, 0) is 0 Å². The smallest absolute Gasteiger partial charge is 0.379 e. The average molecular weight is 347 g/mol. The fraction of sp³-hybridized carbons (Fsp3) is 0.125. The first-order valence-electron chi connectivity index (χ1n) is 7.09. The number of hydrogen-bond donors (Lipinski definition) is 1. The van der Waals surface area contributed by atoms with E-state index in [1.165, 1.54) is 24.5 Å². The molecule has 0 amide bonds. The highest BCUT2D eigenvalue weighted by Gasteiger charge is 2.40. The van der Waals surface area contributed by atoms with E-state index in [9.17, 15) is 27.9 Å². The zero-order valence-corrected chi connectivity index (χ0v) is 12.3. The molecule has 1 unspecified atom stereocenters. The normalized spacial score (nSPS) is 14.5. The molecule has 1 aliphatic heterocycles. The van der Waals surface area contributed by atoms with Crippen LogP contribution in [0.15, 0.2) is 41.5 Å².